The maximum absolute atomic E-state index is 12.9. The average molecular weight is 348 g/mol. The lowest BCUT2D eigenvalue weighted by Gasteiger charge is -2.10. The van der Waals surface area contributed by atoms with E-state index in [2.05, 4.69) is 16.5 Å². The molecule has 0 saturated carbocycles. The lowest BCUT2D eigenvalue weighted by Crippen LogP contribution is -2.27. The third-order valence-corrected chi connectivity index (χ3v) is 3.95. The first-order valence-corrected chi connectivity index (χ1v) is 8.19. The Kier molecular flexibility index (Phi) is 5.40. The molecule has 0 unspecified atom stereocenters. The standard InChI is InChI=1S/C20H17FN4O/c21-17-9-6-15(7-10-17)8-11-20(26)24-19(12-22)16-13-23-25(14-16)18-4-2-1-3-5-18/h1-7,9-10,13-14,19H,8,11H2,(H,24,26)/t19-/m1/s1. The van der Waals surface area contributed by atoms with E-state index in [1.165, 1.54) is 12.1 Å². The van der Waals surface area contributed by atoms with Gasteiger partial charge >= 0.3 is 0 Å². The molecule has 0 radical (unpaired) electrons. The van der Waals surface area contributed by atoms with Gasteiger partial charge in [-0.25, -0.2) is 9.07 Å². The summed E-state index contributed by atoms with van der Waals surface area (Å²) >= 11 is 0. The molecule has 0 spiro atoms. The first-order valence-electron chi connectivity index (χ1n) is 8.19. The Hall–Kier alpha value is -3.46. The van der Waals surface area contributed by atoms with Crippen LogP contribution in [-0.2, 0) is 11.2 Å². The number of benzene rings is 2. The van der Waals surface area contributed by atoms with Gasteiger partial charge in [0, 0.05) is 18.2 Å². The van der Waals surface area contributed by atoms with E-state index < -0.39 is 6.04 Å². The van der Waals surface area contributed by atoms with E-state index in [0.717, 1.165) is 11.3 Å². The maximum atomic E-state index is 12.9. The Morgan fingerprint density at radius 1 is 1.19 bits per heavy atom. The number of para-hydroxylation sites is 1. The molecule has 1 aromatic heterocycles. The second kappa shape index (κ2) is 8.08. The van der Waals surface area contributed by atoms with Crippen LogP contribution in [0.1, 0.15) is 23.6 Å². The fourth-order valence-electron chi connectivity index (χ4n) is 2.54. The molecule has 1 heterocycles. The molecule has 0 aliphatic carbocycles. The predicted octanol–water partition coefficient (Wildman–Crippen LogP) is 3.33. The van der Waals surface area contributed by atoms with Crippen LogP contribution in [0.5, 0.6) is 0 Å². The van der Waals surface area contributed by atoms with Crippen molar-refractivity contribution in [2.24, 2.45) is 0 Å². The molecular weight excluding hydrogens is 331 g/mol. The minimum absolute atomic E-state index is 0.219. The molecule has 3 aromatic rings. The van der Waals surface area contributed by atoms with Crippen molar-refractivity contribution in [2.75, 3.05) is 0 Å². The van der Waals surface area contributed by atoms with Gasteiger partial charge in [-0.05, 0) is 36.2 Å². The minimum atomic E-state index is -0.770. The van der Waals surface area contributed by atoms with Crippen molar-refractivity contribution in [3.63, 3.8) is 0 Å². The zero-order valence-electron chi connectivity index (χ0n) is 14.0. The van der Waals surface area contributed by atoms with Crippen LogP contribution in [0.15, 0.2) is 67.0 Å². The highest BCUT2D eigenvalue weighted by Gasteiger charge is 2.16. The lowest BCUT2D eigenvalue weighted by molar-refractivity contribution is -0.121. The van der Waals surface area contributed by atoms with Crippen molar-refractivity contribution in [1.82, 2.24) is 15.1 Å². The molecule has 0 saturated heterocycles. The van der Waals surface area contributed by atoms with E-state index in [4.69, 9.17) is 0 Å². The molecule has 3 rings (SSSR count). The highest BCUT2D eigenvalue weighted by Crippen LogP contribution is 2.15. The van der Waals surface area contributed by atoms with Gasteiger partial charge < -0.3 is 5.32 Å². The van der Waals surface area contributed by atoms with Crippen molar-refractivity contribution < 1.29 is 9.18 Å². The quantitative estimate of drug-likeness (QED) is 0.743. The number of nitrogens with one attached hydrogen (secondary N) is 1. The first kappa shape index (κ1) is 17.4. The maximum Gasteiger partial charge on any atom is 0.221 e. The van der Waals surface area contributed by atoms with E-state index in [1.807, 2.05) is 30.3 Å². The largest absolute Gasteiger partial charge is 0.337 e. The Morgan fingerprint density at radius 3 is 2.62 bits per heavy atom. The smallest absolute Gasteiger partial charge is 0.221 e. The molecule has 2 aromatic carbocycles. The Balaban J connectivity index is 1.60. The number of halogens is 1. The Labute approximate surface area is 150 Å². The number of carbonyl (C=O) groups excluding carboxylic acids is 1. The van der Waals surface area contributed by atoms with Crippen molar-refractivity contribution in [3.05, 3.63) is 83.9 Å². The number of nitrogens with zero attached hydrogens (tertiary/aromatic N) is 3. The number of carbonyl (C=O) groups is 1. The molecule has 1 N–H and O–H groups in total. The van der Waals surface area contributed by atoms with E-state index in [9.17, 15) is 14.4 Å². The van der Waals surface area contributed by atoms with E-state index in [-0.39, 0.29) is 18.1 Å². The second-order valence-corrected chi connectivity index (χ2v) is 5.81. The normalized spacial score (nSPS) is 11.5. The average Bonchev–Trinajstić information content (AvgIpc) is 3.16. The zero-order valence-corrected chi connectivity index (χ0v) is 14.0. The van der Waals surface area contributed by atoms with Crippen molar-refractivity contribution in [1.29, 1.82) is 5.26 Å². The fraction of sp³-hybridized carbons (Fsp3) is 0.150. The summed E-state index contributed by atoms with van der Waals surface area (Å²) in [5.41, 5.74) is 2.36. The molecule has 0 aliphatic rings. The summed E-state index contributed by atoms with van der Waals surface area (Å²) in [6.45, 7) is 0. The third kappa shape index (κ3) is 4.33. The highest BCUT2D eigenvalue weighted by molar-refractivity contribution is 5.77. The fourth-order valence-corrected chi connectivity index (χ4v) is 2.54. The van der Waals surface area contributed by atoms with Gasteiger partial charge in [0.1, 0.15) is 11.9 Å². The van der Waals surface area contributed by atoms with Crippen LogP contribution in [-0.4, -0.2) is 15.7 Å². The van der Waals surface area contributed by atoms with Gasteiger partial charge in [0.25, 0.3) is 0 Å². The van der Waals surface area contributed by atoms with Crippen LogP contribution >= 0.6 is 0 Å². The molecule has 6 heteroatoms. The summed E-state index contributed by atoms with van der Waals surface area (Å²) in [6, 6.07) is 16.8. The summed E-state index contributed by atoms with van der Waals surface area (Å²) in [5.74, 6) is -0.550. The van der Waals surface area contributed by atoms with Gasteiger partial charge in [0.2, 0.25) is 5.91 Å². The van der Waals surface area contributed by atoms with Gasteiger partial charge in [-0.1, -0.05) is 30.3 Å². The SMILES string of the molecule is N#C[C@@H](NC(=O)CCc1ccc(F)cc1)c1cnn(-c2ccccc2)c1. The third-order valence-electron chi connectivity index (χ3n) is 3.95. The Bertz CT molecular complexity index is 913. The zero-order chi connectivity index (χ0) is 18.4. The van der Waals surface area contributed by atoms with E-state index in [1.54, 1.807) is 29.2 Å². The first-order chi connectivity index (χ1) is 12.7. The minimum Gasteiger partial charge on any atom is -0.337 e. The molecule has 5 nitrogen and oxygen atoms in total. The molecule has 1 atom stereocenters. The van der Waals surface area contributed by atoms with Crippen LogP contribution in [0, 0.1) is 17.1 Å². The summed E-state index contributed by atoms with van der Waals surface area (Å²) in [6.07, 6.45) is 3.99. The molecule has 1 amide bonds. The van der Waals surface area contributed by atoms with Crippen molar-refractivity contribution in [3.8, 4) is 11.8 Å². The summed E-state index contributed by atoms with van der Waals surface area (Å²) < 4.78 is 14.5. The van der Waals surface area contributed by atoms with Gasteiger partial charge in [0.05, 0.1) is 18.0 Å². The Morgan fingerprint density at radius 2 is 1.92 bits per heavy atom. The molecular formula is C20H17FN4O. The topological polar surface area (TPSA) is 70.7 Å². The van der Waals surface area contributed by atoms with Gasteiger partial charge in [-0.2, -0.15) is 10.4 Å². The summed E-state index contributed by atoms with van der Waals surface area (Å²) in [4.78, 5) is 12.1. The summed E-state index contributed by atoms with van der Waals surface area (Å²) in [7, 11) is 0. The summed E-state index contributed by atoms with van der Waals surface area (Å²) in [5, 5.41) is 16.3. The van der Waals surface area contributed by atoms with E-state index >= 15 is 0 Å². The van der Waals surface area contributed by atoms with Crippen LogP contribution in [0.25, 0.3) is 5.69 Å². The number of rotatable bonds is 6. The van der Waals surface area contributed by atoms with Crippen LogP contribution in [0.3, 0.4) is 0 Å². The molecule has 130 valence electrons. The monoisotopic (exact) mass is 348 g/mol. The van der Waals surface area contributed by atoms with Crippen molar-refractivity contribution in [2.45, 2.75) is 18.9 Å². The molecule has 0 fully saturated rings. The molecule has 26 heavy (non-hydrogen) atoms. The van der Waals surface area contributed by atoms with Crippen molar-refractivity contribution >= 4 is 5.91 Å². The number of aryl methyl sites for hydroxylation is 1. The van der Waals surface area contributed by atoms with Gasteiger partial charge in [-0.15, -0.1) is 0 Å². The lowest BCUT2D eigenvalue weighted by atomic mass is 10.1. The number of nitriles is 1. The van der Waals surface area contributed by atoms with Crippen LogP contribution in [0.4, 0.5) is 4.39 Å². The number of hydrogen-bond donors (Lipinski definition) is 1. The van der Waals surface area contributed by atoms with Gasteiger partial charge in [0.15, 0.2) is 0 Å². The molecule has 0 bridgehead atoms. The van der Waals surface area contributed by atoms with E-state index in [0.29, 0.717) is 12.0 Å². The van der Waals surface area contributed by atoms with Gasteiger partial charge in [-0.3, -0.25) is 4.79 Å². The highest BCUT2D eigenvalue weighted by atomic mass is 19.1. The number of amides is 1. The number of hydrogen-bond acceptors (Lipinski definition) is 3. The molecule has 0 aliphatic heterocycles. The second-order valence-electron chi connectivity index (χ2n) is 5.81. The van der Waals surface area contributed by atoms with Crippen LogP contribution in [0.2, 0.25) is 0 Å². The number of aromatic nitrogens is 2. The van der Waals surface area contributed by atoms with Crippen LogP contribution < -0.4 is 5.32 Å². The predicted molar refractivity (Wildman–Crippen MR) is 94.8 cm³/mol.